The number of H-pyrrole nitrogens is 1. The van der Waals surface area contributed by atoms with Crippen LogP contribution in [0.3, 0.4) is 0 Å². The van der Waals surface area contributed by atoms with Crippen molar-refractivity contribution in [3.63, 3.8) is 0 Å². The first-order chi connectivity index (χ1) is 11.3. The van der Waals surface area contributed by atoms with Crippen LogP contribution in [0, 0.1) is 0 Å². The zero-order valence-electron chi connectivity index (χ0n) is 13.2. The normalized spacial score (nSPS) is 16.5. The molecule has 1 aliphatic heterocycles. The number of urea groups is 1. The Hall–Kier alpha value is -1.73. The van der Waals surface area contributed by atoms with Crippen molar-refractivity contribution in [3.05, 3.63) is 30.1 Å². The molecule has 7 heteroatoms. The Balaban J connectivity index is 1.75. The molecule has 0 unspecified atom stereocenters. The minimum atomic E-state index is -0.106. The number of thioether (sulfide) groups is 1. The molecule has 6 nitrogen and oxygen atoms in total. The Morgan fingerprint density at radius 3 is 2.96 bits per heavy atom. The highest BCUT2D eigenvalue weighted by molar-refractivity contribution is 7.98. The Morgan fingerprint density at radius 1 is 1.43 bits per heavy atom. The molecule has 1 atom stereocenters. The summed E-state index contributed by atoms with van der Waals surface area (Å²) in [4.78, 5) is 22.3. The number of aromatic nitrogens is 2. The summed E-state index contributed by atoms with van der Waals surface area (Å²) in [5.74, 6) is 1.78. The van der Waals surface area contributed by atoms with E-state index in [1.165, 1.54) is 0 Å². The molecule has 0 spiro atoms. The summed E-state index contributed by atoms with van der Waals surface area (Å²) in [6, 6.07) is 7.78. The minimum Gasteiger partial charge on any atom is -0.378 e. The van der Waals surface area contributed by atoms with Gasteiger partial charge in [-0.15, -0.1) is 0 Å². The number of morpholine rings is 1. The van der Waals surface area contributed by atoms with Gasteiger partial charge in [-0.25, -0.2) is 9.78 Å². The van der Waals surface area contributed by atoms with E-state index in [9.17, 15) is 4.79 Å². The predicted octanol–water partition coefficient (Wildman–Crippen LogP) is 2.40. The number of para-hydroxylation sites is 2. The van der Waals surface area contributed by atoms with Crippen LogP contribution in [0.4, 0.5) is 4.79 Å². The molecule has 1 aliphatic rings. The highest BCUT2D eigenvalue weighted by atomic mass is 32.2. The van der Waals surface area contributed by atoms with Crippen LogP contribution in [0.5, 0.6) is 0 Å². The van der Waals surface area contributed by atoms with E-state index in [1.54, 1.807) is 16.7 Å². The molecule has 2 aromatic rings. The van der Waals surface area contributed by atoms with Crippen molar-refractivity contribution in [3.8, 4) is 0 Å². The third-order valence-electron chi connectivity index (χ3n) is 3.94. The average molecular weight is 334 g/mol. The van der Waals surface area contributed by atoms with Crippen molar-refractivity contribution in [2.45, 2.75) is 12.5 Å². The topological polar surface area (TPSA) is 70.2 Å². The van der Waals surface area contributed by atoms with Crippen LogP contribution in [-0.2, 0) is 4.74 Å². The van der Waals surface area contributed by atoms with E-state index >= 15 is 0 Å². The lowest BCUT2D eigenvalue weighted by Gasteiger charge is -2.28. The molecular weight excluding hydrogens is 312 g/mol. The molecule has 0 bridgehead atoms. The number of hydrogen-bond acceptors (Lipinski definition) is 4. The van der Waals surface area contributed by atoms with Gasteiger partial charge in [0.25, 0.3) is 0 Å². The summed E-state index contributed by atoms with van der Waals surface area (Å²) >= 11 is 1.77. The maximum Gasteiger partial charge on any atom is 0.318 e. The van der Waals surface area contributed by atoms with Crippen LogP contribution in [0.1, 0.15) is 18.3 Å². The number of amides is 2. The molecule has 1 saturated heterocycles. The summed E-state index contributed by atoms with van der Waals surface area (Å²) in [6.07, 6.45) is 2.91. The number of nitrogens with zero attached hydrogens (tertiary/aromatic N) is 2. The molecule has 1 aromatic carbocycles. The van der Waals surface area contributed by atoms with Gasteiger partial charge in [0, 0.05) is 13.1 Å². The van der Waals surface area contributed by atoms with Crippen molar-refractivity contribution in [2.24, 2.45) is 0 Å². The Morgan fingerprint density at radius 2 is 2.22 bits per heavy atom. The van der Waals surface area contributed by atoms with Crippen LogP contribution < -0.4 is 5.32 Å². The second-order valence-corrected chi connectivity index (χ2v) is 6.51. The molecule has 0 saturated carbocycles. The number of benzene rings is 1. The molecule has 124 valence electrons. The van der Waals surface area contributed by atoms with Gasteiger partial charge in [0.15, 0.2) is 0 Å². The van der Waals surface area contributed by atoms with E-state index in [4.69, 9.17) is 4.74 Å². The van der Waals surface area contributed by atoms with Gasteiger partial charge in [-0.3, -0.25) is 0 Å². The molecule has 0 aliphatic carbocycles. The molecule has 2 heterocycles. The molecule has 23 heavy (non-hydrogen) atoms. The largest absolute Gasteiger partial charge is 0.378 e. The van der Waals surface area contributed by atoms with Gasteiger partial charge in [0.2, 0.25) is 0 Å². The highest BCUT2D eigenvalue weighted by Gasteiger charge is 2.22. The summed E-state index contributed by atoms with van der Waals surface area (Å²) in [5, 5.41) is 3.12. The van der Waals surface area contributed by atoms with E-state index in [-0.39, 0.29) is 12.1 Å². The van der Waals surface area contributed by atoms with Crippen molar-refractivity contribution in [1.82, 2.24) is 20.2 Å². The minimum absolute atomic E-state index is 0.0418. The van der Waals surface area contributed by atoms with E-state index in [1.807, 2.05) is 24.3 Å². The lowest BCUT2D eigenvalue weighted by molar-refractivity contribution is 0.0524. The third kappa shape index (κ3) is 3.97. The number of hydrogen-bond donors (Lipinski definition) is 2. The standard InChI is InChI=1S/C16H22N4O2S/c1-23-11-6-14(19-16(21)20-7-9-22-10-8-20)15-17-12-4-2-3-5-13(12)18-15/h2-5,14H,6-11H2,1H3,(H,17,18)(H,19,21)/t14-/m0/s1. The fraction of sp³-hybridized carbons (Fsp3) is 0.500. The van der Waals surface area contributed by atoms with Crippen LogP contribution in [-0.4, -0.2) is 59.2 Å². The SMILES string of the molecule is CSCC[C@H](NC(=O)N1CCOCC1)c1nc2ccccc2[nH]1. The first kappa shape index (κ1) is 16.1. The molecule has 0 radical (unpaired) electrons. The fourth-order valence-electron chi connectivity index (χ4n) is 2.66. The smallest absolute Gasteiger partial charge is 0.318 e. The molecule has 3 rings (SSSR count). The first-order valence-electron chi connectivity index (χ1n) is 7.84. The van der Waals surface area contributed by atoms with E-state index in [2.05, 4.69) is 21.5 Å². The lowest BCUT2D eigenvalue weighted by Crippen LogP contribution is -2.47. The second kappa shape index (κ2) is 7.70. The van der Waals surface area contributed by atoms with Gasteiger partial charge in [0.1, 0.15) is 5.82 Å². The van der Waals surface area contributed by atoms with E-state index < -0.39 is 0 Å². The molecule has 1 aromatic heterocycles. The quantitative estimate of drug-likeness (QED) is 0.881. The zero-order chi connectivity index (χ0) is 16.1. The maximum atomic E-state index is 12.5. The molecule has 2 N–H and O–H groups in total. The average Bonchev–Trinajstić information content (AvgIpc) is 3.03. The van der Waals surface area contributed by atoms with Crippen molar-refractivity contribution in [2.75, 3.05) is 38.3 Å². The number of carbonyl (C=O) groups excluding carboxylic acids is 1. The van der Waals surface area contributed by atoms with E-state index in [0.717, 1.165) is 29.0 Å². The number of aromatic amines is 1. The Kier molecular flexibility index (Phi) is 5.40. The summed E-state index contributed by atoms with van der Waals surface area (Å²) in [5.41, 5.74) is 1.93. The summed E-state index contributed by atoms with van der Waals surface area (Å²) in [6.45, 7) is 2.49. The number of imidazole rings is 1. The van der Waals surface area contributed by atoms with Gasteiger partial charge < -0.3 is 19.9 Å². The lowest BCUT2D eigenvalue weighted by atomic mass is 10.2. The second-order valence-electron chi connectivity index (χ2n) is 5.52. The van der Waals surface area contributed by atoms with Crippen LogP contribution in [0.15, 0.2) is 24.3 Å². The zero-order valence-corrected chi connectivity index (χ0v) is 14.1. The van der Waals surface area contributed by atoms with Gasteiger partial charge >= 0.3 is 6.03 Å². The van der Waals surface area contributed by atoms with E-state index in [0.29, 0.717) is 26.3 Å². The summed E-state index contributed by atoms with van der Waals surface area (Å²) < 4.78 is 5.30. The molecule has 1 fully saturated rings. The molecule has 2 amide bonds. The van der Waals surface area contributed by atoms with Crippen LogP contribution in [0.2, 0.25) is 0 Å². The van der Waals surface area contributed by atoms with Crippen molar-refractivity contribution >= 4 is 28.8 Å². The van der Waals surface area contributed by atoms with Gasteiger partial charge in [-0.2, -0.15) is 11.8 Å². The number of ether oxygens (including phenoxy) is 1. The van der Waals surface area contributed by atoms with Crippen LogP contribution in [0.25, 0.3) is 11.0 Å². The third-order valence-corrected chi connectivity index (χ3v) is 4.59. The number of nitrogens with one attached hydrogen (secondary N) is 2. The maximum absolute atomic E-state index is 12.5. The first-order valence-corrected chi connectivity index (χ1v) is 9.24. The fourth-order valence-corrected chi connectivity index (χ4v) is 3.13. The van der Waals surface area contributed by atoms with Crippen molar-refractivity contribution < 1.29 is 9.53 Å². The monoisotopic (exact) mass is 334 g/mol. The van der Waals surface area contributed by atoms with Crippen molar-refractivity contribution in [1.29, 1.82) is 0 Å². The Bertz CT molecular complexity index is 621. The Labute approximate surface area is 140 Å². The molecular formula is C16H22N4O2S. The van der Waals surface area contributed by atoms with Crippen LogP contribution >= 0.6 is 11.8 Å². The van der Waals surface area contributed by atoms with Gasteiger partial charge in [0.05, 0.1) is 30.3 Å². The van der Waals surface area contributed by atoms with Gasteiger partial charge in [-0.05, 0) is 30.6 Å². The number of rotatable bonds is 5. The summed E-state index contributed by atoms with van der Waals surface area (Å²) in [7, 11) is 0. The highest BCUT2D eigenvalue weighted by Crippen LogP contribution is 2.20. The number of fused-ring (bicyclic) bond motifs is 1. The predicted molar refractivity (Wildman–Crippen MR) is 92.8 cm³/mol. The van der Waals surface area contributed by atoms with Gasteiger partial charge in [-0.1, -0.05) is 12.1 Å². The number of carbonyl (C=O) groups is 1.